The van der Waals surface area contributed by atoms with Crippen molar-refractivity contribution in [1.29, 1.82) is 0 Å². The molecule has 0 unspecified atom stereocenters. The third kappa shape index (κ3) is 9.99. The summed E-state index contributed by atoms with van der Waals surface area (Å²) >= 11 is -0.826. The van der Waals surface area contributed by atoms with E-state index in [9.17, 15) is 0 Å². The van der Waals surface area contributed by atoms with Gasteiger partial charge in [0.15, 0.2) is 0 Å². The van der Waals surface area contributed by atoms with Gasteiger partial charge in [-0.2, -0.15) is 12.1 Å². The minimum atomic E-state index is -0.826. The molecule has 8 heteroatoms. The van der Waals surface area contributed by atoms with Gasteiger partial charge in [0, 0.05) is 21.7 Å². The zero-order valence-corrected chi connectivity index (χ0v) is 32.6. The maximum absolute atomic E-state index is 5.36. The van der Waals surface area contributed by atoms with Crippen LogP contribution in [0, 0.1) is 13.8 Å². The van der Waals surface area contributed by atoms with Gasteiger partial charge >= 0.3 is 37.9 Å². The van der Waals surface area contributed by atoms with Crippen LogP contribution in [0.2, 0.25) is 13.1 Å². The zero-order chi connectivity index (χ0) is 33.6. The average molecular weight is 751 g/mol. The summed E-state index contributed by atoms with van der Waals surface area (Å²) in [6, 6.07) is 33.5. The Bertz CT molecular complexity index is 1650. The first-order chi connectivity index (χ1) is 22.2. The van der Waals surface area contributed by atoms with Crippen molar-refractivity contribution in [2.24, 2.45) is 0 Å². The fourth-order valence-electron chi connectivity index (χ4n) is 5.20. The van der Waals surface area contributed by atoms with Crippen LogP contribution in [-0.2, 0) is 20.8 Å². The molecule has 0 atom stereocenters. The topological polar surface area (TPSA) is 36.9 Å². The van der Waals surface area contributed by atoms with Crippen molar-refractivity contribution in [2.45, 2.75) is 26.9 Å². The molecular weight excluding hydrogens is 711 g/mol. The van der Waals surface area contributed by atoms with E-state index in [1.807, 2.05) is 36.4 Å². The first kappa shape index (κ1) is 37.4. The quantitative estimate of drug-likeness (QED) is 0.125. The minimum absolute atomic E-state index is 0.805. The molecule has 0 fully saturated rings. The van der Waals surface area contributed by atoms with E-state index in [1.165, 1.54) is 43.8 Å². The molecule has 6 aromatic rings. The van der Waals surface area contributed by atoms with Crippen molar-refractivity contribution in [3.8, 4) is 45.3 Å². The SMILES string of the molecule is COc1cc(OC)cc(-c2cccc3[cH-]c(C)cc23)c1.COc1cc(OC)cc(-c2cccc3[cH-]c(C)cc23)c1.C[Si]C.[Cl][Zr+2][Cl]. The van der Waals surface area contributed by atoms with E-state index >= 15 is 0 Å². The first-order valence-electron chi connectivity index (χ1n) is 14.6. The van der Waals surface area contributed by atoms with Crippen LogP contribution >= 0.6 is 17.0 Å². The molecule has 6 rings (SSSR count). The number of hydrogen-bond donors (Lipinski definition) is 0. The Hall–Kier alpha value is -3.02. The van der Waals surface area contributed by atoms with Gasteiger partial charge in [-0.15, -0.1) is 69.1 Å². The fourth-order valence-corrected chi connectivity index (χ4v) is 5.20. The molecule has 0 saturated carbocycles. The Balaban J connectivity index is 0.000000214. The van der Waals surface area contributed by atoms with Gasteiger partial charge in [0.2, 0.25) is 0 Å². The molecule has 0 aliphatic carbocycles. The van der Waals surface area contributed by atoms with E-state index in [2.05, 4.69) is 87.6 Å². The molecule has 0 spiro atoms. The van der Waals surface area contributed by atoms with Gasteiger partial charge in [-0.05, 0) is 35.4 Å². The maximum atomic E-state index is 5.36. The van der Waals surface area contributed by atoms with Crippen LogP contribution < -0.4 is 18.9 Å². The molecule has 0 N–H and O–H groups in total. The Morgan fingerprint density at radius 1 is 0.543 bits per heavy atom. The Labute approximate surface area is 294 Å². The average Bonchev–Trinajstić information content (AvgIpc) is 3.65. The standard InChI is InChI=1S/2C18H17O2.C2H6Si.2ClH.Zr/c2*1-12-7-13-5-4-6-17(18(13)8-12)14-9-15(19-2)11-16(10-14)20-3;1-3-2;;;/h2*4-11H,1-3H3;1-2H3;2*1H;/q2*-1;;;;+4/p-2. The molecular formula is C38H40Cl2O4SiZr. The Morgan fingerprint density at radius 2 is 0.848 bits per heavy atom. The molecule has 238 valence electrons. The molecule has 0 aliphatic rings. The first-order valence-corrected chi connectivity index (χ1v) is 22.9. The number of rotatable bonds is 6. The summed E-state index contributed by atoms with van der Waals surface area (Å²) in [5.74, 6) is 3.22. The Kier molecular flexibility index (Phi) is 15.4. The van der Waals surface area contributed by atoms with Crippen LogP contribution in [0.5, 0.6) is 23.0 Å². The molecule has 0 aromatic heterocycles. The predicted molar refractivity (Wildman–Crippen MR) is 195 cm³/mol. The monoisotopic (exact) mass is 748 g/mol. The Morgan fingerprint density at radius 3 is 1.13 bits per heavy atom. The third-order valence-electron chi connectivity index (χ3n) is 7.11. The van der Waals surface area contributed by atoms with Crippen LogP contribution in [0.15, 0.2) is 97.1 Å². The van der Waals surface area contributed by atoms with Crippen LogP contribution in [0.25, 0.3) is 43.8 Å². The van der Waals surface area contributed by atoms with Gasteiger partial charge in [-0.25, -0.2) is 0 Å². The summed E-state index contributed by atoms with van der Waals surface area (Å²) in [6.45, 7) is 8.55. The second-order valence-corrected chi connectivity index (χ2v) is 15.2. The summed E-state index contributed by atoms with van der Waals surface area (Å²) in [4.78, 5) is 0. The van der Waals surface area contributed by atoms with Crippen molar-refractivity contribution in [2.75, 3.05) is 28.4 Å². The van der Waals surface area contributed by atoms with Crippen molar-refractivity contribution in [3.05, 3.63) is 108 Å². The van der Waals surface area contributed by atoms with E-state index in [0.717, 1.165) is 43.6 Å². The van der Waals surface area contributed by atoms with Crippen LogP contribution in [0.4, 0.5) is 0 Å². The van der Waals surface area contributed by atoms with E-state index < -0.39 is 20.8 Å². The number of aryl methyl sites for hydroxylation is 2. The molecule has 0 amide bonds. The van der Waals surface area contributed by atoms with E-state index in [4.69, 9.17) is 36.0 Å². The van der Waals surface area contributed by atoms with Gasteiger partial charge in [0.05, 0.1) is 28.4 Å². The van der Waals surface area contributed by atoms with Gasteiger partial charge in [0.1, 0.15) is 23.0 Å². The number of benzene rings is 4. The van der Waals surface area contributed by atoms with Crippen molar-refractivity contribution in [1.82, 2.24) is 0 Å². The number of ether oxygens (including phenoxy) is 4. The van der Waals surface area contributed by atoms with E-state index in [1.54, 1.807) is 28.4 Å². The van der Waals surface area contributed by atoms with Gasteiger partial charge in [-0.1, -0.05) is 50.2 Å². The van der Waals surface area contributed by atoms with Gasteiger partial charge in [-0.3, -0.25) is 0 Å². The molecule has 46 heavy (non-hydrogen) atoms. The molecule has 6 aromatic carbocycles. The molecule has 0 aliphatic heterocycles. The third-order valence-corrected chi connectivity index (χ3v) is 7.11. The molecule has 0 heterocycles. The summed E-state index contributed by atoms with van der Waals surface area (Å²) < 4.78 is 21.4. The number of fused-ring (bicyclic) bond motifs is 2. The molecule has 2 radical (unpaired) electrons. The summed E-state index contributed by atoms with van der Waals surface area (Å²) in [5, 5.41) is 5.06. The summed E-state index contributed by atoms with van der Waals surface area (Å²) in [5.41, 5.74) is 7.18. The zero-order valence-electron chi connectivity index (χ0n) is 27.6. The van der Waals surface area contributed by atoms with Crippen molar-refractivity contribution in [3.63, 3.8) is 0 Å². The van der Waals surface area contributed by atoms with Crippen LogP contribution in [-0.4, -0.2) is 38.0 Å². The van der Waals surface area contributed by atoms with Crippen molar-refractivity contribution >= 4 is 48.1 Å². The second kappa shape index (κ2) is 19.0. The summed E-state index contributed by atoms with van der Waals surface area (Å²) in [6.07, 6.45) is 0. The molecule has 4 nitrogen and oxygen atoms in total. The summed E-state index contributed by atoms with van der Waals surface area (Å²) in [7, 11) is 17.6. The normalized spacial score (nSPS) is 9.96. The number of hydrogen-bond acceptors (Lipinski definition) is 4. The fraction of sp³-hybridized carbons (Fsp3) is 0.211. The molecule has 0 saturated heterocycles. The van der Waals surface area contributed by atoms with E-state index in [0.29, 0.717) is 0 Å². The van der Waals surface area contributed by atoms with Gasteiger partial charge < -0.3 is 18.9 Å². The molecule has 0 bridgehead atoms. The van der Waals surface area contributed by atoms with Crippen molar-refractivity contribution < 1.29 is 39.8 Å². The number of methoxy groups -OCH3 is 4. The van der Waals surface area contributed by atoms with Crippen LogP contribution in [0.1, 0.15) is 11.1 Å². The number of halogens is 2. The predicted octanol–water partition coefficient (Wildman–Crippen LogP) is 11.3. The van der Waals surface area contributed by atoms with E-state index in [-0.39, 0.29) is 0 Å². The van der Waals surface area contributed by atoms with Gasteiger partial charge in [0.25, 0.3) is 0 Å². The second-order valence-electron chi connectivity index (χ2n) is 10.5. The van der Waals surface area contributed by atoms with Crippen LogP contribution in [0.3, 0.4) is 0 Å².